The van der Waals surface area contributed by atoms with Crippen LogP contribution in [-0.4, -0.2) is 55.0 Å². The van der Waals surface area contributed by atoms with Gasteiger partial charge in [-0.2, -0.15) is 0 Å². The van der Waals surface area contributed by atoms with Crippen LogP contribution in [0.1, 0.15) is 10.6 Å². The van der Waals surface area contributed by atoms with Crippen LogP contribution in [0.3, 0.4) is 0 Å². The lowest BCUT2D eigenvalue weighted by Gasteiger charge is -2.34. The fourth-order valence-electron chi connectivity index (χ4n) is 3.26. The van der Waals surface area contributed by atoms with Crippen LogP contribution in [0.2, 0.25) is 0 Å². The third-order valence-corrected chi connectivity index (χ3v) is 5.26. The number of hydrogen-bond acceptors (Lipinski definition) is 4. The second kappa shape index (κ2) is 8.15. The molecule has 5 nitrogen and oxygen atoms in total. The molecule has 2 heterocycles. The molecule has 4 rings (SSSR count). The number of piperazine rings is 1. The van der Waals surface area contributed by atoms with Gasteiger partial charge in [-0.15, -0.1) is 0 Å². The molecule has 0 saturated carbocycles. The molecule has 2 aromatic carbocycles. The van der Waals surface area contributed by atoms with E-state index in [-0.39, 0.29) is 5.91 Å². The number of rotatable bonds is 5. The van der Waals surface area contributed by atoms with E-state index in [1.54, 1.807) is 0 Å². The third-order valence-electron chi connectivity index (χ3n) is 4.77. The predicted molar refractivity (Wildman–Crippen MR) is 108 cm³/mol. The molecule has 27 heavy (non-hydrogen) atoms. The Kier molecular flexibility index (Phi) is 5.45. The molecular weight excluding hydrogens is 408 g/mol. The van der Waals surface area contributed by atoms with Gasteiger partial charge >= 0.3 is 0 Å². The smallest absolute Gasteiger partial charge is 0.289 e. The molecule has 6 heteroatoms. The summed E-state index contributed by atoms with van der Waals surface area (Å²) in [4.78, 5) is 16.9. The monoisotopic (exact) mass is 428 g/mol. The van der Waals surface area contributed by atoms with Crippen LogP contribution < -0.4 is 4.74 Å². The second-order valence-electron chi connectivity index (χ2n) is 6.59. The largest absolute Gasteiger partial charge is 0.492 e. The van der Waals surface area contributed by atoms with Crippen molar-refractivity contribution in [2.75, 3.05) is 39.3 Å². The number of carbonyl (C=O) groups excluding carboxylic acids is 1. The van der Waals surface area contributed by atoms with Crippen molar-refractivity contribution in [3.8, 4) is 5.75 Å². The third kappa shape index (κ3) is 4.34. The first kappa shape index (κ1) is 18.1. The number of nitrogens with zero attached hydrogens (tertiary/aromatic N) is 2. The van der Waals surface area contributed by atoms with Gasteiger partial charge in [-0.3, -0.25) is 9.69 Å². The fourth-order valence-corrected chi connectivity index (χ4v) is 3.64. The van der Waals surface area contributed by atoms with Gasteiger partial charge in [-0.25, -0.2) is 0 Å². The van der Waals surface area contributed by atoms with Gasteiger partial charge in [0.05, 0.1) is 0 Å². The summed E-state index contributed by atoms with van der Waals surface area (Å²) < 4.78 is 12.5. The molecule has 0 unspecified atom stereocenters. The van der Waals surface area contributed by atoms with Crippen LogP contribution in [0.4, 0.5) is 0 Å². The minimum absolute atomic E-state index is 0.0393. The van der Waals surface area contributed by atoms with E-state index in [0.717, 1.165) is 40.8 Å². The first-order chi connectivity index (χ1) is 13.2. The zero-order valence-corrected chi connectivity index (χ0v) is 16.5. The van der Waals surface area contributed by atoms with Gasteiger partial charge in [0.2, 0.25) is 0 Å². The molecule has 0 atom stereocenters. The van der Waals surface area contributed by atoms with E-state index >= 15 is 0 Å². The number of benzene rings is 2. The Labute approximate surface area is 166 Å². The Morgan fingerprint density at radius 3 is 2.59 bits per heavy atom. The fraction of sp³-hybridized carbons (Fsp3) is 0.286. The first-order valence-corrected chi connectivity index (χ1v) is 9.87. The van der Waals surface area contributed by atoms with Gasteiger partial charge in [0.15, 0.2) is 5.76 Å². The van der Waals surface area contributed by atoms with E-state index in [9.17, 15) is 4.79 Å². The summed E-state index contributed by atoms with van der Waals surface area (Å²) in [6.07, 6.45) is 0. The van der Waals surface area contributed by atoms with Crippen LogP contribution in [0.5, 0.6) is 5.75 Å². The zero-order valence-electron chi connectivity index (χ0n) is 14.9. The topological polar surface area (TPSA) is 45.9 Å². The lowest BCUT2D eigenvalue weighted by Crippen LogP contribution is -2.49. The summed E-state index contributed by atoms with van der Waals surface area (Å²) >= 11 is 3.44. The summed E-state index contributed by atoms with van der Waals surface area (Å²) in [6.45, 7) is 4.59. The number of furan rings is 1. The molecule has 1 aromatic heterocycles. The number of amides is 1. The first-order valence-electron chi connectivity index (χ1n) is 9.07. The maximum Gasteiger partial charge on any atom is 0.289 e. The van der Waals surface area contributed by atoms with Crippen LogP contribution >= 0.6 is 15.9 Å². The van der Waals surface area contributed by atoms with E-state index in [0.29, 0.717) is 25.5 Å². The molecule has 3 aromatic rings. The summed E-state index contributed by atoms with van der Waals surface area (Å²) in [7, 11) is 0. The lowest BCUT2D eigenvalue weighted by atomic mass is 10.2. The van der Waals surface area contributed by atoms with Crippen molar-refractivity contribution in [3.63, 3.8) is 0 Å². The molecular formula is C21H21BrN2O3. The molecule has 0 aliphatic carbocycles. The van der Waals surface area contributed by atoms with Crippen LogP contribution in [0.15, 0.2) is 63.5 Å². The van der Waals surface area contributed by atoms with E-state index < -0.39 is 0 Å². The van der Waals surface area contributed by atoms with Crippen molar-refractivity contribution < 1.29 is 13.9 Å². The Morgan fingerprint density at radius 2 is 1.81 bits per heavy atom. The predicted octanol–water partition coefficient (Wildman–Crippen LogP) is 4.03. The molecule has 1 saturated heterocycles. The van der Waals surface area contributed by atoms with E-state index in [2.05, 4.69) is 20.8 Å². The molecule has 0 spiro atoms. The van der Waals surface area contributed by atoms with E-state index in [1.165, 1.54) is 0 Å². The number of fused-ring (bicyclic) bond motifs is 1. The second-order valence-corrected chi connectivity index (χ2v) is 7.50. The normalized spacial score (nSPS) is 15.2. The average Bonchev–Trinajstić information content (AvgIpc) is 3.12. The highest BCUT2D eigenvalue weighted by molar-refractivity contribution is 9.10. The quantitative estimate of drug-likeness (QED) is 0.615. The van der Waals surface area contributed by atoms with Crippen LogP contribution in [0.25, 0.3) is 11.0 Å². The molecule has 1 aliphatic rings. The zero-order chi connectivity index (χ0) is 18.6. The van der Waals surface area contributed by atoms with E-state index in [1.807, 2.05) is 59.5 Å². The highest BCUT2D eigenvalue weighted by Gasteiger charge is 2.24. The van der Waals surface area contributed by atoms with Crippen molar-refractivity contribution >= 4 is 32.8 Å². The standard InChI is InChI=1S/C21H21BrN2O3/c22-17-6-7-19-16(14-17)15-20(27-19)21(25)24-10-8-23(9-11-24)12-13-26-18-4-2-1-3-5-18/h1-7,14-15H,8-13H2. The lowest BCUT2D eigenvalue weighted by molar-refractivity contribution is 0.0592. The number of carbonyl (C=O) groups is 1. The van der Waals surface area contributed by atoms with Crippen molar-refractivity contribution in [1.82, 2.24) is 9.80 Å². The van der Waals surface area contributed by atoms with Crippen molar-refractivity contribution in [2.24, 2.45) is 0 Å². The van der Waals surface area contributed by atoms with E-state index in [4.69, 9.17) is 9.15 Å². The molecule has 0 radical (unpaired) electrons. The number of halogens is 1. The Morgan fingerprint density at radius 1 is 1.04 bits per heavy atom. The molecule has 1 amide bonds. The van der Waals surface area contributed by atoms with Crippen LogP contribution in [0, 0.1) is 0 Å². The molecule has 140 valence electrons. The Balaban J connectivity index is 1.28. The van der Waals surface area contributed by atoms with Gasteiger partial charge in [0.25, 0.3) is 5.91 Å². The molecule has 1 fully saturated rings. The Bertz CT molecular complexity index is 918. The van der Waals surface area contributed by atoms with Crippen molar-refractivity contribution in [1.29, 1.82) is 0 Å². The average molecular weight is 429 g/mol. The van der Waals surface area contributed by atoms with Gasteiger partial charge in [0.1, 0.15) is 17.9 Å². The number of ether oxygens (including phenoxy) is 1. The van der Waals surface area contributed by atoms with Gasteiger partial charge < -0.3 is 14.1 Å². The maximum absolute atomic E-state index is 12.7. The van der Waals surface area contributed by atoms with Crippen molar-refractivity contribution in [3.05, 3.63) is 64.8 Å². The highest BCUT2D eigenvalue weighted by atomic mass is 79.9. The SMILES string of the molecule is O=C(c1cc2cc(Br)ccc2o1)N1CCN(CCOc2ccccc2)CC1. The maximum atomic E-state index is 12.7. The molecule has 0 N–H and O–H groups in total. The molecule has 1 aliphatic heterocycles. The summed E-state index contributed by atoms with van der Waals surface area (Å²) in [5.74, 6) is 1.26. The van der Waals surface area contributed by atoms with Crippen molar-refractivity contribution in [2.45, 2.75) is 0 Å². The molecule has 0 bridgehead atoms. The van der Waals surface area contributed by atoms with Gasteiger partial charge in [-0.1, -0.05) is 34.1 Å². The highest BCUT2D eigenvalue weighted by Crippen LogP contribution is 2.24. The number of para-hydroxylation sites is 1. The Hall–Kier alpha value is -2.31. The summed E-state index contributed by atoms with van der Waals surface area (Å²) in [6, 6.07) is 17.4. The minimum atomic E-state index is -0.0393. The summed E-state index contributed by atoms with van der Waals surface area (Å²) in [5.41, 5.74) is 0.734. The van der Waals surface area contributed by atoms with Gasteiger partial charge in [-0.05, 0) is 36.4 Å². The van der Waals surface area contributed by atoms with Crippen LogP contribution in [-0.2, 0) is 0 Å². The summed E-state index contributed by atoms with van der Waals surface area (Å²) in [5, 5.41) is 0.935. The number of hydrogen-bond donors (Lipinski definition) is 0. The minimum Gasteiger partial charge on any atom is -0.492 e. The van der Waals surface area contributed by atoms with Gasteiger partial charge in [0, 0.05) is 42.6 Å².